The highest BCUT2D eigenvalue weighted by Gasteiger charge is 2.42. The summed E-state index contributed by atoms with van der Waals surface area (Å²) in [6, 6.07) is 9.40. The van der Waals surface area contributed by atoms with Crippen LogP contribution in [0, 0.1) is 13.8 Å². The van der Waals surface area contributed by atoms with Gasteiger partial charge in [-0.1, -0.05) is 6.07 Å². The molecule has 0 saturated carbocycles. The maximum Gasteiger partial charge on any atom is 0.264 e. The molecule has 2 aromatic heterocycles. The molecule has 2 aromatic rings. The first-order valence-electron chi connectivity index (χ1n) is 9.05. The van der Waals surface area contributed by atoms with E-state index < -0.39 is 5.60 Å². The van der Waals surface area contributed by atoms with E-state index in [4.69, 9.17) is 4.74 Å². The molecule has 6 heteroatoms. The van der Waals surface area contributed by atoms with E-state index in [9.17, 15) is 4.79 Å². The summed E-state index contributed by atoms with van der Waals surface area (Å²) in [5.74, 6) is 0.518. The van der Waals surface area contributed by atoms with Crippen molar-refractivity contribution in [2.45, 2.75) is 45.3 Å². The Hall–Kier alpha value is -2.47. The molecule has 0 spiro atoms. The van der Waals surface area contributed by atoms with Gasteiger partial charge in [-0.2, -0.15) is 0 Å². The third-order valence-electron chi connectivity index (χ3n) is 4.72. The molecule has 6 nitrogen and oxygen atoms in total. The molecule has 1 aliphatic rings. The van der Waals surface area contributed by atoms with E-state index in [1.54, 1.807) is 6.20 Å². The van der Waals surface area contributed by atoms with Gasteiger partial charge in [0.15, 0.2) is 5.60 Å². The number of nitrogens with one attached hydrogen (secondary N) is 2. The number of amides is 1. The van der Waals surface area contributed by atoms with E-state index in [0.717, 1.165) is 30.2 Å². The van der Waals surface area contributed by atoms with Crippen molar-refractivity contribution in [1.29, 1.82) is 0 Å². The minimum absolute atomic E-state index is 0.101. The van der Waals surface area contributed by atoms with E-state index in [-0.39, 0.29) is 11.9 Å². The van der Waals surface area contributed by atoms with Gasteiger partial charge in [-0.25, -0.2) is 0 Å². The molecular weight excluding hydrogens is 328 g/mol. The number of ether oxygens (including phenoxy) is 1. The van der Waals surface area contributed by atoms with Crippen LogP contribution in [-0.2, 0) is 4.79 Å². The highest BCUT2D eigenvalue weighted by atomic mass is 16.5. The van der Waals surface area contributed by atoms with Crippen LogP contribution in [-0.4, -0.2) is 34.6 Å². The normalized spacial score (nSPS) is 17.3. The summed E-state index contributed by atoms with van der Waals surface area (Å²) >= 11 is 0. The molecule has 0 unspecified atom stereocenters. The van der Waals surface area contributed by atoms with E-state index in [1.165, 1.54) is 0 Å². The molecule has 1 atom stereocenters. The van der Waals surface area contributed by atoms with E-state index in [2.05, 4.69) is 20.6 Å². The summed E-state index contributed by atoms with van der Waals surface area (Å²) in [7, 11) is 0. The molecule has 138 valence electrons. The van der Waals surface area contributed by atoms with Crippen LogP contribution in [0.15, 0.2) is 36.5 Å². The summed E-state index contributed by atoms with van der Waals surface area (Å²) in [5, 5.41) is 6.38. The highest BCUT2D eigenvalue weighted by Crippen LogP contribution is 2.27. The van der Waals surface area contributed by atoms with Crippen molar-refractivity contribution >= 4 is 5.91 Å². The Morgan fingerprint density at radius 1 is 1.19 bits per heavy atom. The van der Waals surface area contributed by atoms with Crippen LogP contribution in [0.25, 0.3) is 0 Å². The van der Waals surface area contributed by atoms with Crippen LogP contribution in [0.4, 0.5) is 0 Å². The SMILES string of the molecule is Cc1ccc(OC2(C(=O)N[C@H](C)c3cccc(C)n3)CCNCC2)cn1. The molecule has 3 rings (SSSR count). The molecule has 0 aromatic carbocycles. The Morgan fingerprint density at radius 3 is 2.62 bits per heavy atom. The van der Waals surface area contributed by atoms with Crippen LogP contribution in [0.3, 0.4) is 0 Å². The van der Waals surface area contributed by atoms with Crippen LogP contribution >= 0.6 is 0 Å². The van der Waals surface area contributed by atoms with Crippen molar-refractivity contribution in [3.63, 3.8) is 0 Å². The molecule has 2 N–H and O–H groups in total. The number of hydrogen-bond acceptors (Lipinski definition) is 5. The van der Waals surface area contributed by atoms with Gasteiger partial charge in [0.25, 0.3) is 5.91 Å². The smallest absolute Gasteiger partial charge is 0.264 e. The molecule has 0 radical (unpaired) electrons. The molecule has 26 heavy (non-hydrogen) atoms. The average Bonchev–Trinajstić information content (AvgIpc) is 2.64. The van der Waals surface area contributed by atoms with E-state index in [1.807, 2.05) is 51.1 Å². The van der Waals surface area contributed by atoms with Crippen LogP contribution in [0.1, 0.15) is 42.9 Å². The Kier molecular flexibility index (Phi) is 5.52. The van der Waals surface area contributed by atoms with E-state index in [0.29, 0.717) is 18.6 Å². The highest BCUT2D eigenvalue weighted by molar-refractivity contribution is 5.86. The molecule has 1 aliphatic heterocycles. The third kappa shape index (κ3) is 4.19. The number of pyridine rings is 2. The van der Waals surface area contributed by atoms with Gasteiger partial charge in [-0.15, -0.1) is 0 Å². The van der Waals surface area contributed by atoms with Gasteiger partial charge < -0.3 is 15.4 Å². The number of aromatic nitrogens is 2. The molecule has 1 fully saturated rings. The monoisotopic (exact) mass is 354 g/mol. The van der Waals surface area contributed by atoms with Crippen molar-refractivity contribution in [3.8, 4) is 5.75 Å². The molecular formula is C20H26N4O2. The first-order chi connectivity index (χ1) is 12.5. The molecule has 0 bridgehead atoms. The largest absolute Gasteiger partial charge is 0.476 e. The van der Waals surface area contributed by atoms with E-state index >= 15 is 0 Å². The molecule has 3 heterocycles. The third-order valence-corrected chi connectivity index (χ3v) is 4.72. The second-order valence-corrected chi connectivity index (χ2v) is 6.88. The first kappa shape index (κ1) is 18.3. The molecule has 1 saturated heterocycles. The van der Waals surface area contributed by atoms with Crippen molar-refractivity contribution in [1.82, 2.24) is 20.6 Å². The topological polar surface area (TPSA) is 76.1 Å². The maximum atomic E-state index is 13.1. The van der Waals surface area contributed by atoms with Crippen LogP contribution in [0.5, 0.6) is 5.75 Å². The quantitative estimate of drug-likeness (QED) is 0.863. The number of aryl methyl sites for hydroxylation is 2. The Balaban J connectivity index is 1.78. The standard InChI is InChI=1S/C20H26N4O2/c1-14-7-8-17(13-22-14)26-20(9-11-21-12-10-20)19(25)24-16(3)18-6-4-5-15(2)23-18/h4-8,13,16,21H,9-12H2,1-3H3,(H,24,25)/t16-/m1/s1. The van der Waals surface area contributed by atoms with Gasteiger partial charge in [0.2, 0.25) is 0 Å². The summed E-state index contributed by atoms with van der Waals surface area (Å²) in [6.45, 7) is 7.29. The summed E-state index contributed by atoms with van der Waals surface area (Å²) < 4.78 is 6.19. The zero-order valence-electron chi connectivity index (χ0n) is 15.6. The van der Waals surface area contributed by atoms with Gasteiger partial charge in [0, 0.05) is 24.2 Å². The summed E-state index contributed by atoms with van der Waals surface area (Å²) in [6.07, 6.45) is 2.90. The van der Waals surface area contributed by atoms with Gasteiger partial charge in [0.05, 0.1) is 17.9 Å². The zero-order chi connectivity index (χ0) is 18.6. The second kappa shape index (κ2) is 7.83. The Labute approximate surface area is 154 Å². The number of nitrogens with zero attached hydrogens (tertiary/aromatic N) is 2. The van der Waals surface area contributed by atoms with Gasteiger partial charge in [-0.3, -0.25) is 14.8 Å². The lowest BCUT2D eigenvalue weighted by Crippen LogP contribution is -2.57. The van der Waals surface area contributed by atoms with Crippen molar-refractivity contribution in [2.75, 3.05) is 13.1 Å². The van der Waals surface area contributed by atoms with Crippen molar-refractivity contribution in [3.05, 3.63) is 53.6 Å². The predicted molar refractivity (Wildman–Crippen MR) is 100.0 cm³/mol. The average molecular weight is 354 g/mol. The Bertz CT molecular complexity index is 755. The second-order valence-electron chi connectivity index (χ2n) is 6.88. The predicted octanol–water partition coefficient (Wildman–Crippen LogP) is 2.47. The van der Waals surface area contributed by atoms with Crippen LogP contribution in [0.2, 0.25) is 0 Å². The lowest BCUT2D eigenvalue weighted by molar-refractivity contribution is -0.140. The molecule has 0 aliphatic carbocycles. The number of carbonyl (C=O) groups is 1. The number of piperidine rings is 1. The maximum absolute atomic E-state index is 13.1. The fourth-order valence-electron chi connectivity index (χ4n) is 3.15. The fourth-order valence-corrected chi connectivity index (χ4v) is 3.15. The lowest BCUT2D eigenvalue weighted by Gasteiger charge is -2.37. The van der Waals surface area contributed by atoms with Crippen molar-refractivity contribution in [2.24, 2.45) is 0 Å². The van der Waals surface area contributed by atoms with Gasteiger partial charge >= 0.3 is 0 Å². The summed E-state index contributed by atoms with van der Waals surface area (Å²) in [5.41, 5.74) is 1.81. The van der Waals surface area contributed by atoms with Gasteiger partial charge in [0.1, 0.15) is 5.75 Å². The minimum Gasteiger partial charge on any atom is -0.476 e. The fraction of sp³-hybridized carbons (Fsp3) is 0.450. The van der Waals surface area contributed by atoms with Crippen LogP contribution < -0.4 is 15.4 Å². The molecule has 1 amide bonds. The summed E-state index contributed by atoms with van der Waals surface area (Å²) in [4.78, 5) is 21.9. The minimum atomic E-state index is -0.889. The number of hydrogen-bond donors (Lipinski definition) is 2. The zero-order valence-corrected chi connectivity index (χ0v) is 15.6. The van der Waals surface area contributed by atoms with Crippen molar-refractivity contribution < 1.29 is 9.53 Å². The lowest BCUT2D eigenvalue weighted by atomic mass is 9.90. The first-order valence-corrected chi connectivity index (χ1v) is 9.05. The number of rotatable bonds is 5. The number of carbonyl (C=O) groups excluding carboxylic acids is 1. The van der Waals surface area contributed by atoms with Gasteiger partial charge in [-0.05, 0) is 58.1 Å². The Morgan fingerprint density at radius 2 is 1.96 bits per heavy atom.